The number of nitrogens with zero attached hydrogens (tertiary/aromatic N) is 1. The van der Waals surface area contributed by atoms with Crippen LogP contribution in [0, 0.1) is 6.92 Å². The lowest BCUT2D eigenvalue weighted by Crippen LogP contribution is -2.47. The predicted molar refractivity (Wildman–Crippen MR) is 111 cm³/mol. The van der Waals surface area contributed by atoms with Crippen LogP contribution in [0.4, 0.5) is 0 Å². The van der Waals surface area contributed by atoms with Gasteiger partial charge in [0.25, 0.3) is 0 Å². The summed E-state index contributed by atoms with van der Waals surface area (Å²) in [6.45, 7) is 7.17. The number of aryl methyl sites for hydroxylation is 1. The van der Waals surface area contributed by atoms with Gasteiger partial charge >= 0.3 is 0 Å². The molecule has 1 saturated heterocycles. The highest BCUT2D eigenvalue weighted by Gasteiger charge is 2.29. The number of halogens is 1. The van der Waals surface area contributed by atoms with Crippen molar-refractivity contribution in [1.29, 1.82) is 0 Å². The Kier molecular flexibility index (Phi) is 7.52. The first-order valence-electron chi connectivity index (χ1n) is 7.97. The molecule has 1 atom stereocenters. The van der Waals surface area contributed by atoms with E-state index in [0.717, 1.165) is 6.54 Å². The second-order valence-electron chi connectivity index (χ2n) is 6.92. The largest absolute Gasteiger partial charge is 0.356 e. The number of aliphatic imine (C=N–C) groups is 1. The van der Waals surface area contributed by atoms with E-state index in [-0.39, 0.29) is 46.9 Å². The number of sulfone groups is 1. The molecular weight excluding hydrogens is 437 g/mol. The highest BCUT2D eigenvalue weighted by Crippen LogP contribution is 2.23. The number of hydrogen-bond donors (Lipinski definition) is 2. The minimum atomic E-state index is -2.89. The Morgan fingerprint density at radius 1 is 1.38 bits per heavy atom. The average molecular weight is 465 g/mol. The van der Waals surface area contributed by atoms with Gasteiger partial charge < -0.3 is 10.6 Å². The highest BCUT2D eigenvalue weighted by atomic mass is 127. The Balaban J connectivity index is 0.00000288. The molecule has 2 N–H and O–H groups in total. The summed E-state index contributed by atoms with van der Waals surface area (Å²) >= 11 is 0. The third-order valence-corrected chi connectivity index (χ3v) is 6.06. The van der Waals surface area contributed by atoms with Crippen LogP contribution in [0.3, 0.4) is 0 Å². The minimum Gasteiger partial charge on any atom is -0.356 e. The van der Waals surface area contributed by atoms with Crippen LogP contribution >= 0.6 is 24.0 Å². The van der Waals surface area contributed by atoms with Gasteiger partial charge in [0.15, 0.2) is 15.8 Å². The van der Waals surface area contributed by atoms with Crippen LogP contribution in [-0.2, 0) is 15.3 Å². The molecule has 1 unspecified atom stereocenters. The molecule has 5 nitrogen and oxygen atoms in total. The molecule has 0 bridgehead atoms. The van der Waals surface area contributed by atoms with Gasteiger partial charge in [-0.1, -0.05) is 43.7 Å². The van der Waals surface area contributed by atoms with Gasteiger partial charge in [-0.05, 0) is 18.9 Å². The lowest BCUT2D eigenvalue weighted by atomic mass is 9.84. The second-order valence-corrected chi connectivity index (χ2v) is 9.15. The molecule has 2 rings (SSSR count). The molecule has 0 radical (unpaired) electrons. The monoisotopic (exact) mass is 465 g/mol. The van der Waals surface area contributed by atoms with E-state index in [1.165, 1.54) is 11.1 Å². The summed E-state index contributed by atoms with van der Waals surface area (Å²) in [4.78, 5) is 4.21. The molecule has 1 aromatic carbocycles. The lowest BCUT2D eigenvalue weighted by Gasteiger charge is -2.27. The van der Waals surface area contributed by atoms with E-state index >= 15 is 0 Å². The second kappa shape index (κ2) is 8.51. The predicted octanol–water partition coefficient (Wildman–Crippen LogP) is 2.24. The van der Waals surface area contributed by atoms with Gasteiger partial charge in [0, 0.05) is 25.0 Å². The van der Waals surface area contributed by atoms with E-state index in [9.17, 15) is 8.42 Å². The molecule has 136 valence electrons. The zero-order chi connectivity index (χ0) is 17.1. The third-order valence-electron chi connectivity index (χ3n) is 4.29. The number of rotatable bonds is 4. The van der Waals surface area contributed by atoms with Crippen molar-refractivity contribution in [2.24, 2.45) is 4.99 Å². The molecule has 1 fully saturated rings. The molecule has 0 aliphatic carbocycles. The zero-order valence-electron chi connectivity index (χ0n) is 14.8. The normalized spacial score (nSPS) is 20.3. The van der Waals surface area contributed by atoms with Crippen molar-refractivity contribution in [3.05, 3.63) is 35.4 Å². The minimum absolute atomic E-state index is 0. The molecule has 1 aromatic rings. The summed E-state index contributed by atoms with van der Waals surface area (Å²) in [5.74, 6) is 1.11. The molecule has 0 aromatic heterocycles. The number of nitrogens with one attached hydrogen (secondary N) is 2. The highest BCUT2D eigenvalue weighted by molar-refractivity contribution is 14.0. The van der Waals surface area contributed by atoms with Crippen LogP contribution < -0.4 is 10.6 Å². The van der Waals surface area contributed by atoms with E-state index in [2.05, 4.69) is 60.7 Å². The van der Waals surface area contributed by atoms with E-state index < -0.39 is 9.84 Å². The van der Waals surface area contributed by atoms with Crippen molar-refractivity contribution in [2.75, 3.05) is 25.1 Å². The molecule has 0 spiro atoms. The van der Waals surface area contributed by atoms with E-state index in [1.807, 2.05) is 0 Å². The van der Waals surface area contributed by atoms with Gasteiger partial charge in [0.2, 0.25) is 0 Å². The van der Waals surface area contributed by atoms with Crippen molar-refractivity contribution in [3.63, 3.8) is 0 Å². The topological polar surface area (TPSA) is 70.6 Å². The summed E-state index contributed by atoms with van der Waals surface area (Å²) < 4.78 is 23.1. The van der Waals surface area contributed by atoms with E-state index in [1.54, 1.807) is 7.05 Å². The number of guanidine groups is 1. The summed E-state index contributed by atoms with van der Waals surface area (Å²) in [5, 5.41) is 6.54. The van der Waals surface area contributed by atoms with Gasteiger partial charge in [-0.25, -0.2) is 8.42 Å². The maximum absolute atomic E-state index is 11.5. The Morgan fingerprint density at radius 2 is 2.08 bits per heavy atom. The summed E-state index contributed by atoms with van der Waals surface area (Å²) in [6, 6.07) is 8.44. The Labute approximate surface area is 162 Å². The molecule has 0 amide bonds. The first kappa shape index (κ1) is 21.2. The van der Waals surface area contributed by atoms with Gasteiger partial charge in [0.1, 0.15) is 0 Å². The fourth-order valence-electron chi connectivity index (χ4n) is 2.77. The lowest BCUT2D eigenvalue weighted by molar-refractivity contribution is 0.505. The Morgan fingerprint density at radius 3 is 2.62 bits per heavy atom. The van der Waals surface area contributed by atoms with Crippen molar-refractivity contribution in [2.45, 2.75) is 38.6 Å². The van der Waals surface area contributed by atoms with E-state index in [4.69, 9.17) is 0 Å². The summed E-state index contributed by atoms with van der Waals surface area (Å²) in [5.41, 5.74) is 2.46. The Bertz CT molecular complexity index is 687. The quantitative estimate of drug-likeness (QED) is 0.407. The Hall–Kier alpha value is -0.830. The fraction of sp³-hybridized carbons (Fsp3) is 0.588. The van der Waals surface area contributed by atoms with Crippen LogP contribution in [0.2, 0.25) is 0 Å². The van der Waals surface area contributed by atoms with Crippen molar-refractivity contribution < 1.29 is 8.42 Å². The van der Waals surface area contributed by atoms with Crippen LogP contribution in [0.5, 0.6) is 0 Å². The first-order valence-corrected chi connectivity index (χ1v) is 9.79. The molecule has 7 heteroatoms. The maximum atomic E-state index is 11.5. The van der Waals surface area contributed by atoms with Crippen molar-refractivity contribution >= 4 is 39.8 Å². The molecular formula is C17H28IN3O2S. The zero-order valence-corrected chi connectivity index (χ0v) is 17.9. The smallest absolute Gasteiger partial charge is 0.191 e. The fourth-order valence-corrected chi connectivity index (χ4v) is 4.44. The van der Waals surface area contributed by atoms with Gasteiger partial charge in [-0.2, -0.15) is 0 Å². The number of benzene rings is 1. The van der Waals surface area contributed by atoms with Gasteiger partial charge in [-0.15, -0.1) is 24.0 Å². The van der Waals surface area contributed by atoms with E-state index in [0.29, 0.717) is 12.4 Å². The molecule has 1 aliphatic heterocycles. The maximum Gasteiger partial charge on any atom is 0.191 e. The molecule has 24 heavy (non-hydrogen) atoms. The average Bonchev–Trinajstić information content (AvgIpc) is 2.82. The van der Waals surface area contributed by atoms with Crippen LogP contribution in [0.25, 0.3) is 0 Å². The summed E-state index contributed by atoms with van der Waals surface area (Å²) in [6.07, 6.45) is 0.643. The van der Waals surface area contributed by atoms with Crippen LogP contribution in [-0.4, -0.2) is 45.5 Å². The number of hydrogen-bond acceptors (Lipinski definition) is 3. The molecule has 1 heterocycles. The SMILES string of the molecule is CN=C(NCC(C)(C)c1cccc(C)c1)NC1CCS(=O)(=O)C1.I. The third kappa shape index (κ3) is 5.91. The van der Waals surface area contributed by atoms with Crippen molar-refractivity contribution in [1.82, 2.24) is 10.6 Å². The standard InChI is InChI=1S/C17H27N3O2S.HI/c1-13-6-5-7-14(10-13)17(2,3)12-19-16(18-4)20-15-8-9-23(21,22)11-15;/h5-7,10,15H,8-9,11-12H2,1-4H3,(H2,18,19,20);1H. The molecule has 0 saturated carbocycles. The summed E-state index contributed by atoms with van der Waals surface area (Å²) in [7, 11) is -1.18. The van der Waals surface area contributed by atoms with Gasteiger partial charge in [-0.3, -0.25) is 4.99 Å². The van der Waals surface area contributed by atoms with Crippen LogP contribution in [0.1, 0.15) is 31.4 Å². The first-order chi connectivity index (χ1) is 10.7. The van der Waals surface area contributed by atoms with Crippen LogP contribution in [0.15, 0.2) is 29.3 Å². The molecule has 1 aliphatic rings. The van der Waals surface area contributed by atoms with Crippen molar-refractivity contribution in [3.8, 4) is 0 Å². The van der Waals surface area contributed by atoms with Gasteiger partial charge in [0.05, 0.1) is 11.5 Å².